The number of nitro benzene ring substituents is 1. The highest BCUT2D eigenvalue weighted by atomic mass is 35.5. The first-order chi connectivity index (χ1) is 11.3. The van der Waals surface area contributed by atoms with E-state index in [1.807, 2.05) is 0 Å². The number of anilines is 1. The number of nitrogens with one attached hydrogen (secondary N) is 1. The number of benzene rings is 2. The molecule has 0 aliphatic carbocycles. The van der Waals surface area contributed by atoms with Gasteiger partial charge in [0.05, 0.1) is 22.6 Å². The van der Waals surface area contributed by atoms with Crippen molar-refractivity contribution in [2.75, 3.05) is 12.4 Å². The Bertz CT molecular complexity index is 845. The SMILES string of the molecule is COc1ccc(NC(=O)c2cc([N+](=O)[O-])c(F)c(F)c2F)cc1Cl. The number of ether oxygens (including phenoxy) is 1. The molecule has 6 nitrogen and oxygen atoms in total. The Morgan fingerprint density at radius 2 is 1.88 bits per heavy atom. The number of methoxy groups -OCH3 is 1. The van der Waals surface area contributed by atoms with E-state index < -0.39 is 39.5 Å². The van der Waals surface area contributed by atoms with Gasteiger partial charge in [-0.05, 0) is 18.2 Å². The van der Waals surface area contributed by atoms with Gasteiger partial charge in [-0.2, -0.15) is 4.39 Å². The summed E-state index contributed by atoms with van der Waals surface area (Å²) < 4.78 is 45.3. The van der Waals surface area contributed by atoms with E-state index in [9.17, 15) is 28.1 Å². The quantitative estimate of drug-likeness (QED) is 0.509. The topological polar surface area (TPSA) is 81.5 Å². The highest BCUT2D eigenvalue weighted by Crippen LogP contribution is 2.29. The van der Waals surface area contributed by atoms with Crippen molar-refractivity contribution in [1.29, 1.82) is 0 Å². The molecule has 0 bridgehead atoms. The zero-order valence-electron chi connectivity index (χ0n) is 11.9. The fourth-order valence-electron chi connectivity index (χ4n) is 1.83. The molecule has 10 heteroatoms. The highest BCUT2D eigenvalue weighted by Gasteiger charge is 2.28. The fourth-order valence-corrected chi connectivity index (χ4v) is 2.09. The van der Waals surface area contributed by atoms with E-state index in [1.165, 1.54) is 25.3 Å². The second-order valence-corrected chi connectivity index (χ2v) is 4.85. The summed E-state index contributed by atoms with van der Waals surface area (Å²) in [7, 11) is 1.37. The van der Waals surface area contributed by atoms with Crippen molar-refractivity contribution in [3.8, 4) is 5.75 Å². The minimum atomic E-state index is -2.11. The molecule has 0 saturated heterocycles. The molecule has 0 aromatic heterocycles. The molecule has 0 spiro atoms. The lowest BCUT2D eigenvalue weighted by molar-refractivity contribution is -0.387. The van der Waals surface area contributed by atoms with Crippen LogP contribution in [0.1, 0.15) is 10.4 Å². The number of hydrogen-bond donors (Lipinski definition) is 1. The van der Waals surface area contributed by atoms with E-state index >= 15 is 0 Å². The van der Waals surface area contributed by atoms with E-state index in [-0.39, 0.29) is 10.7 Å². The van der Waals surface area contributed by atoms with Gasteiger partial charge >= 0.3 is 5.69 Å². The summed E-state index contributed by atoms with van der Waals surface area (Å²) in [6.45, 7) is 0. The molecule has 2 aromatic carbocycles. The van der Waals surface area contributed by atoms with Crippen LogP contribution in [0.2, 0.25) is 5.02 Å². The molecule has 0 unspecified atom stereocenters. The molecule has 2 aromatic rings. The summed E-state index contributed by atoms with van der Waals surface area (Å²) in [5.41, 5.74) is -2.28. The van der Waals surface area contributed by atoms with E-state index in [4.69, 9.17) is 16.3 Å². The van der Waals surface area contributed by atoms with Crippen molar-refractivity contribution in [3.63, 3.8) is 0 Å². The summed E-state index contributed by atoms with van der Waals surface area (Å²) in [5, 5.41) is 13.0. The third-order valence-corrected chi connectivity index (χ3v) is 3.27. The van der Waals surface area contributed by atoms with Gasteiger partial charge in [0.15, 0.2) is 5.82 Å². The van der Waals surface area contributed by atoms with E-state index in [0.717, 1.165) is 0 Å². The van der Waals surface area contributed by atoms with Crippen LogP contribution < -0.4 is 10.1 Å². The van der Waals surface area contributed by atoms with Gasteiger partial charge in [-0.15, -0.1) is 0 Å². The lowest BCUT2D eigenvalue weighted by Gasteiger charge is -2.09. The Morgan fingerprint density at radius 1 is 1.21 bits per heavy atom. The maximum atomic E-state index is 13.7. The van der Waals surface area contributed by atoms with Crippen molar-refractivity contribution >= 4 is 28.9 Å². The van der Waals surface area contributed by atoms with Gasteiger partial charge in [0.2, 0.25) is 11.6 Å². The summed E-state index contributed by atoms with van der Waals surface area (Å²) in [6, 6.07) is 4.34. The number of nitro groups is 1. The van der Waals surface area contributed by atoms with Crippen molar-refractivity contribution in [2.24, 2.45) is 0 Å². The molecule has 24 heavy (non-hydrogen) atoms. The molecular weight excluding hydrogens is 353 g/mol. The molecule has 1 amide bonds. The van der Waals surface area contributed by atoms with Crippen molar-refractivity contribution < 1.29 is 27.6 Å². The smallest absolute Gasteiger partial charge is 0.308 e. The summed E-state index contributed by atoms with van der Waals surface area (Å²) in [6.07, 6.45) is 0. The number of hydrogen-bond acceptors (Lipinski definition) is 4. The number of halogens is 4. The molecule has 0 aliphatic rings. The lowest BCUT2D eigenvalue weighted by atomic mass is 10.1. The van der Waals surface area contributed by atoms with E-state index in [1.54, 1.807) is 0 Å². The number of amides is 1. The first kappa shape index (κ1) is 17.5. The molecule has 1 N–H and O–H groups in total. The summed E-state index contributed by atoms with van der Waals surface area (Å²) in [4.78, 5) is 21.4. The fraction of sp³-hybridized carbons (Fsp3) is 0.0714. The van der Waals surface area contributed by atoms with Gasteiger partial charge in [0.25, 0.3) is 5.91 Å². The van der Waals surface area contributed by atoms with Crippen LogP contribution in [0.4, 0.5) is 24.5 Å². The first-order valence-corrected chi connectivity index (χ1v) is 6.60. The van der Waals surface area contributed by atoms with Gasteiger partial charge in [0, 0.05) is 11.8 Å². The van der Waals surface area contributed by atoms with Crippen LogP contribution in [0.15, 0.2) is 24.3 Å². The highest BCUT2D eigenvalue weighted by molar-refractivity contribution is 6.32. The van der Waals surface area contributed by atoms with Gasteiger partial charge in [-0.1, -0.05) is 11.6 Å². The van der Waals surface area contributed by atoms with Gasteiger partial charge in [-0.3, -0.25) is 14.9 Å². The lowest BCUT2D eigenvalue weighted by Crippen LogP contribution is -2.16. The van der Waals surface area contributed by atoms with Crippen molar-refractivity contribution in [1.82, 2.24) is 0 Å². The zero-order valence-corrected chi connectivity index (χ0v) is 12.7. The Hall–Kier alpha value is -2.81. The van der Waals surface area contributed by atoms with Crippen LogP contribution in [0.3, 0.4) is 0 Å². The molecule has 0 atom stereocenters. The van der Waals surface area contributed by atoms with Crippen LogP contribution >= 0.6 is 11.6 Å². The molecule has 0 radical (unpaired) electrons. The van der Waals surface area contributed by atoms with Crippen molar-refractivity contribution in [3.05, 3.63) is 62.4 Å². The molecule has 0 heterocycles. The molecule has 0 aliphatic heterocycles. The third kappa shape index (κ3) is 3.25. The summed E-state index contributed by atoms with van der Waals surface area (Å²) in [5.74, 6) is -6.83. The maximum absolute atomic E-state index is 13.7. The Balaban J connectivity index is 2.40. The molecule has 2 rings (SSSR count). The van der Waals surface area contributed by atoms with Crippen LogP contribution in [0.5, 0.6) is 5.75 Å². The van der Waals surface area contributed by atoms with E-state index in [2.05, 4.69) is 5.32 Å². The monoisotopic (exact) mass is 360 g/mol. The minimum absolute atomic E-state index is 0.0950. The Morgan fingerprint density at radius 3 is 2.42 bits per heavy atom. The van der Waals surface area contributed by atoms with Crippen LogP contribution in [-0.2, 0) is 0 Å². The predicted octanol–water partition coefficient (Wildman–Crippen LogP) is 3.93. The standard InChI is InChI=1S/C14H8ClF3N2O4/c1-24-10-3-2-6(4-8(10)15)19-14(21)7-5-9(20(22)23)12(17)13(18)11(7)16/h2-5H,1H3,(H,19,21). The van der Waals surface area contributed by atoms with Crippen LogP contribution in [0.25, 0.3) is 0 Å². The van der Waals surface area contributed by atoms with Crippen molar-refractivity contribution in [2.45, 2.75) is 0 Å². The van der Waals surface area contributed by atoms with Gasteiger partial charge in [-0.25, -0.2) is 8.78 Å². The molecular formula is C14H8ClF3N2O4. The molecule has 0 fully saturated rings. The largest absolute Gasteiger partial charge is 0.495 e. The Kier molecular flexibility index (Phi) is 4.93. The summed E-state index contributed by atoms with van der Waals surface area (Å²) >= 11 is 5.85. The molecule has 126 valence electrons. The van der Waals surface area contributed by atoms with Gasteiger partial charge < -0.3 is 10.1 Å². The second kappa shape index (κ2) is 6.75. The average molecular weight is 361 g/mol. The first-order valence-electron chi connectivity index (χ1n) is 6.23. The number of rotatable bonds is 4. The zero-order chi connectivity index (χ0) is 18.0. The molecule has 0 saturated carbocycles. The van der Waals surface area contributed by atoms with E-state index in [0.29, 0.717) is 11.8 Å². The number of carbonyl (C=O) groups is 1. The number of nitrogens with zero attached hydrogens (tertiary/aromatic N) is 1. The number of carbonyl (C=O) groups excluding carboxylic acids is 1. The van der Waals surface area contributed by atoms with Crippen LogP contribution in [-0.4, -0.2) is 17.9 Å². The van der Waals surface area contributed by atoms with Crippen LogP contribution in [0, 0.1) is 27.6 Å². The predicted molar refractivity (Wildman–Crippen MR) is 78.9 cm³/mol. The average Bonchev–Trinajstić information content (AvgIpc) is 2.52. The second-order valence-electron chi connectivity index (χ2n) is 4.45. The van der Waals surface area contributed by atoms with Gasteiger partial charge in [0.1, 0.15) is 5.75 Å². The Labute approximate surface area is 137 Å². The maximum Gasteiger partial charge on any atom is 0.308 e. The minimum Gasteiger partial charge on any atom is -0.495 e. The normalized spacial score (nSPS) is 10.4. The third-order valence-electron chi connectivity index (χ3n) is 2.98.